The minimum Gasteiger partial charge on any atom is -0.281 e. The Morgan fingerprint density at radius 3 is 2.73 bits per heavy atom. The first-order valence-electron chi connectivity index (χ1n) is 4.61. The van der Waals surface area contributed by atoms with Crippen molar-refractivity contribution in [1.29, 1.82) is 0 Å². The molecule has 4 heteroatoms. The average molecular weight is 261 g/mol. The van der Waals surface area contributed by atoms with Gasteiger partial charge in [0.15, 0.2) is 0 Å². The van der Waals surface area contributed by atoms with Gasteiger partial charge < -0.3 is 0 Å². The van der Waals surface area contributed by atoms with Crippen molar-refractivity contribution in [2.24, 2.45) is 0 Å². The second kappa shape index (κ2) is 6.46. The van der Waals surface area contributed by atoms with Crippen molar-refractivity contribution in [1.82, 2.24) is 0 Å². The molecule has 1 atom stereocenters. The van der Waals surface area contributed by atoms with Crippen molar-refractivity contribution < 1.29 is 4.79 Å². The predicted molar refractivity (Wildman–Crippen MR) is 69.0 cm³/mol. The van der Waals surface area contributed by atoms with E-state index in [0.29, 0.717) is 6.42 Å². The smallest absolute Gasteiger partial charge is 0.222 e. The van der Waals surface area contributed by atoms with Gasteiger partial charge in [0.1, 0.15) is 0 Å². The molecule has 0 bridgehead atoms. The number of carbonyl (C=O) groups is 1. The van der Waals surface area contributed by atoms with E-state index in [1.54, 1.807) is 23.5 Å². The molecule has 0 aliphatic heterocycles. The summed E-state index contributed by atoms with van der Waals surface area (Å²) >= 11 is 8.74. The van der Waals surface area contributed by atoms with Crippen LogP contribution < -0.4 is 0 Å². The zero-order valence-corrected chi connectivity index (χ0v) is 11.1. The predicted octanol–water partition coefficient (Wildman–Crippen LogP) is 4.04. The van der Waals surface area contributed by atoms with Crippen LogP contribution in [0.4, 0.5) is 0 Å². The van der Waals surface area contributed by atoms with E-state index in [1.165, 1.54) is 9.79 Å². The van der Waals surface area contributed by atoms with Crippen LogP contribution in [0, 0.1) is 0 Å². The number of rotatable bonds is 5. The van der Waals surface area contributed by atoms with Gasteiger partial charge >= 0.3 is 0 Å². The zero-order chi connectivity index (χ0) is 11.3. The Balaban J connectivity index is 2.59. The summed E-state index contributed by atoms with van der Waals surface area (Å²) in [7, 11) is 0. The summed E-state index contributed by atoms with van der Waals surface area (Å²) in [6, 6.07) is 8.29. The number of halogens is 1. The Morgan fingerprint density at radius 1 is 1.47 bits per heavy atom. The third-order valence-electron chi connectivity index (χ3n) is 1.83. The van der Waals surface area contributed by atoms with E-state index in [2.05, 4.69) is 24.5 Å². The average Bonchev–Trinajstić information content (AvgIpc) is 2.16. The van der Waals surface area contributed by atoms with Crippen LogP contribution >= 0.6 is 35.1 Å². The van der Waals surface area contributed by atoms with Crippen LogP contribution in [0.3, 0.4) is 0 Å². The maximum Gasteiger partial charge on any atom is 0.222 e. The largest absolute Gasteiger partial charge is 0.281 e. The van der Waals surface area contributed by atoms with Crippen LogP contribution in [-0.4, -0.2) is 16.7 Å². The highest BCUT2D eigenvalue weighted by atomic mass is 35.5. The maximum absolute atomic E-state index is 10.7. The highest BCUT2D eigenvalue weighted by Gasteiger charge is 2.08. The molecule has 0 aromatic heterocycles. The zero-order valence-electron chi connectivity index (χ0n) is 8.70. The maximum atomic E-state index is 10.7. The Hall–Kier alpha value is -0.120. The summed E-state index contributed by atoms with van der Waals surface area (Å²) in [6.07, 6.45) is 2.46. The van der Waals surface area contributed by atoms with Gasteiger partial charge in [-0.3, -0.25) is 4.79 Å². The summed E-state index contributed by atoms with van der Waals surface area (Å²) < 4.78 is 0. The van der Waals surface area contributed by atoms with Gasteiger partial charge in [0.2, 0.25) is 5.24 Å². The van der Waals surface area contributed by atoms with E-state index >= 15 is 0 Å². The number of carbonyl (C=O) groups excluding carboxylic acids is 1. The first kappa shape index (κ1) is 12.9. The molecule has 0 aliphatic rings. The summed E-state index contributed by atoms with van der Waals surface area (Å²) in [5.41, 5.74) is 0. The van der Waals surface area contributed by atoms with Gasteiger partial charge in [0.25, 0.3) is 0 Å². The molecular weight excluding hydrogens is 248 g/mol. The summed E-state index contributed by atoms with van der Waals surface area (Å²) in [5, 5.41) is -0.0388. The molecule has 0 amide bonds. The standard InChI is InChI=1S/C11H13ClOS2/c1-8(6-11(12)13)15-10-5-3-4-9(7-10)14-2/h3-5,7-8H,6H2,1-2H3. The van der Waals surface area contributed by atoms with E-state index < -0.39 is 0 Å². The van der Waals surface area contributed by atoms with Gasteiger partial charge in [-0.25, -0.2) is 0 Å². The second-order valence-electron chi connectivity index (χ2n) is 3.17. The lowest BCUT2D eigenvalue weighted by Gasteiger charge is -2.08. The van der Waals surface area contributed by atoms with Crippen molar-refractivity contribution in [3.8, 4) is 0 Å². The normalized spacial score (nSPS) is 12.5. The number of thioether (sulfide) groups is 2. The van der Waals surface area contributed by atoms with Gasteiger partial charge in [0, 0.05) is 21.5 Å². The molecule has 0 spiro atoms. The first-order chi connectivity index (χ1) is 7.11. The summed E-state index contributed by atoms with van der Waals surface area (Å²) in [4.78, 5) is 13.1. The molecule has 0 radical (unpaired) electrons. The van der Waals surface area contributed by atoms with Crippen LogP contribution in [0.25, 0.3) is 0 Å². The van der Waals surface area contributed by atoms with Crippen molar-refractivity contribution in [3.63, 3.8) is 0 Å². The van der Waals surface area contributed by atoms with Crippen LogP contribution in [-0.2, 0) is 4.79 Å². The Morgan fingerprint density at radius 2 is 2.13 bits per heavy atom. The van der Waals surface area contributed by atoms with Crippen LogP contribution in [0.15, 0.2) is 34.1 Å². The Labute approximate surface area is 104 Å². The molecule has 0 saturated carbocycles. The van der Waals surface area contributed by atoms with Crippen LogP contribution in [0.2, 0.25) is 0 Å². The second-order valence-corrected chi connectivity index (χ2v) is 5.98. The molecule has 0 aliphatic carbocycles. The van der Waals surface area contributed by atoms with E-state index in [-0.39, 0.29) is 10.5 Å². The van der Waals surface area contributed by atoms with E-state index in [4.69, 9.17) is 11.6 Å². The molecule has 0 saturated heterocycles. The van der Waals surface area contributed by atoms with Gasteiger partial charge in [-0.2, -0.15) is 0 Å². The SMILES string of the molecule is CSc1cccc(SC(C)CC(=O)Cl)c1. The first-order valence-corrected chi connectivity index (χ1v) is 7.09. The molecule has 82 valence electrons. The van der Waals surface area contributed by atoms with Gasteiger partial charge in [-0.05, 0) is 36.1 Å². The third kappa shape index (κ3) is 4.96. The Bertz CT molecular complexity index is 341. The van der Waals surface area contributed by atoms with Crippen molar-refractivity contribution >= 4 is 40.4 Å². The number of hydrogen-bond acceptors (Lipinski definition) is 3. The molecular formula is C11H13ClOS2. The lowest BCUT2D eigenvalue weighted by molar-refractivity contribution is -0.111. The van der Waals surface area contributed by atoms with E-state index in [0.717, 1.165) is 0 Å². The molecule has 1 aromatic carbocycles. The number of hydrogen-bond donors (Lipinski definition) is 0. The van der Waals surface area contributed by atoms with E-state index in [1.807, 2.05) is 13.0 Å². The monoisotopic (exact) mass is 260 g/mol. The molecule has 1 nitrogen and oxygen atoms in total. The number of benzene rings is 1. The van der Waals surface area contributed by atoms with Crippen molar-refractivity contribution in [2.45, 2.75) is 28.4 Å². The quantitative estimate of drug-likeness (QED) is 0.587. The van der Waals surface area contributed by atoms with E-state index in [9.17, 15) is 4.79 Å². The molecule has 0 fully saturated rings. The summed E-state index contributed by atoms with van der Waals surface area (Å²) in [5.74, 6) is 0. The van der Waals surface area contributed by atoms with Crippen molar-refractivity contribution in [3.05, 3.63) is 24.3 Å². The topological polar surface area (TPSA) is 17.1 Å². The minimum absolute atomic E-state index is 0.229. The molecule has 0 N–H and O–H groups in total. The lowest BCUT2D eigenvalue weighted by atomic mass is 10.3. The molecule has 0 heterocycles. The fourth-order valence-corrected chi connectivity index (χ4v) is 3.08. The minimum atomic E-state index is -0.268. The lowest BCUT2D eigenvalue weighted by Crippen LogP contribution is -2.00. The van der Waals surface area contributed by atoms with Gasteiger partial charge in [-0.1, -0.05) is 13.0 Å². The van der Waals surface area contributed by atoms with Crippen LogP contribution in [0.1, 0.15) is 13.3 Å². The highest BCUT2D eigenvalue weighted by molar-refractivity contribution is 8.00. The molecule has 1 aromatic rings. The van der Waals surface area contributed by atoms with Gasteiger partial charge in [-0.15, -0.1) is 23.5 Å². The summed E-state index contributed by atoms with van der Waals surface area (Å²) in [6.45, 7) is 2.01. The van der Waals surface area contributed by atoms with Crippen molar-refractivity contribution in [2.75, 3.05) is 6.26 Å². The molecule has 1 unspecified atom stereocenters. The third-order valence-corrected chi connectivity index (χ3v) is 3.80. The fraction of sp³-hybridized carbons (Fsp3) is 0.364. The molecule has 1 rings (SSSR count). The highest BCUT2D eigenvalue weighted by Crippen LogP contribution is 2.28. The Kier molecular flexibility index (Phi) is 5.58. The fourth-order valence-electron chi connectivity index (χ4n) is 1.17. The van der Waals surface area contributed by atoms with Gasteiger partial charge in [0.05, 0.1) is 0 Å². The van der Waals surface area contributed by atoms with Crippen LogP contribution in [0.5, 0.6) is 0 Å². The molecule has 15 heavy (non-hydrogen) atoms.